The lowest BCUT2D eigenvalue weighted by atomic mass is 10.1. The number of fused-ring (bicyclic) bond motifs is 1. The SMILES string of the molecule is CCc1cccc2c(CCNC(=NCC(=O)N(C)C)NCC3CCCN3CC)c[nH]c12.I. The van der Waals surface area contributed by atoms with E-state index in [9.17, 15) is 4.79 Å². The van der Waals surface area contributed by atoms with Gasteiger partial charge in [0, 0.05) is 50.3 Å². The molecule has 178 valence electrons. The summed E-state index contributed by atoms with van der Waals surface area (Å²) in [7, 11) is 3.52. The van der Waals surface area contributed by atoms with Gasteiger partial charge in [0.2, 0.25) is 5.91 Å². The molecule has 2 heterocycles. The number of benzene rings is 1. The molecule has 1 atom stereocenters. The average Bonchev–Trinajstić information content (AvgIpc) is 3.41. The number of nitrogens with one attached hydrogen (secondary N) is 3. The van der Waals surface area contributed by atoms with Crippen LogP contribution in [0, 0.1) is 0 Å². The number of hydrogen-bond acceptors (Lipinski definition) is 3. The van der Waals surface area contributed by atoms with Crippen molar-refractivity contribution in [2.24, 2.45) is 4.99 Å². The second kappa shape index (κ2) is 13.0. The molecule has 3 N–H and O–H groups in total. The van der Waals surface area contributed by atoms with Crippen LogP contribution in [0.5, 0.6) is 0 Å². The molecule has 32 heavy (non-hydrogen) atoms. The molecule has 7 nitrogen and oxygen atoms in total. The van der Waals surface area contributed by atoms with Crippen molar-refractivity contribution < 1.29 is 4.79 Å². The van der Waals surface area contributed by atoms with Crippen molar-refractivity contribution in [3.8, 4) is 0 Å². The van der Waals surface area contributed by atoms with Crippen LogP contribution >= 0.6 is 24.0 Å². The molecule has 1 aliphatic rings. The lowest BCUT2D eigenvalue weighted by molar-refractivity contribution is -0.127. The van der Waals surface area contributed by atoms with Crippen LogP contribution in [0.25, 0.3) is 10.9 Å². The fourth-order valence-corrected chi connectivity index (χ4v) is 4.31. The molecule has 0 radical (unpaired) electrons. The van der Waals surface area contributed by atoms with E-state index in [0.717, 1.165) is 32.5 Å². The van der Waals surface area contributed by atoms with E-state index in [0.29, 0.717) is 12.0 Å². The highest BCUT2D eigenvalue weighted by Gasteiger charge is 2.22. The van der Waals surface area contributed by atoms with E-state index in [4.69, 9.17) is 0 Å². The van der Waals surface area contributed by atoms with Gasteiger partial charge in [-0.2, -0.15) is 0 Å². The number of H-pyrrole nitrogens is 1. The van der Waals surface area contributed by atoms with Crippen LogP contribution in [-0.2, 0) is 17.6 Å². The molecule has 1 saturated heterocycles. The first-order valence-corrected chi connectivity index (χ1v) is 11.6. The smallest absolute Gasteiger partial charge is 0.243 e. The second-order valence-electron chi connectivity index (χ2n) is 8.44. The van der Waals surface area contributed by atoms with E-state index in [1.807, 2.05) is 0 Å². The summed E-state index contributed by atoms with van der Waals surface area (Å²) in [6.07, 6.45) is 6.48. The quantitative estimate of drug-likeness (QED) is 0.253. The number of aliphatic imine (C=N–C) groups is 1. The number of rotatable bonds is 9. The monoisotopic (exact) mass is 554 g/mol. The fraction of sp³-hybridized carbons (Fsp3) is 0.583. The summed E-state index contributed by atoms with van der Waals surface area (Å²) in [6, 6.07) is 7.03. The summed E-state index contributed by atoms with van der Waals surface area (Å²) in [5.74, 6) is 0.716. The molecule has 1 aromatic heterocycles. The summed E-state index contributed by atoms with van der Waals surface area (Å²) in [6.45, 7) is 8.40. The maximum Gasteiger partial charge on any atom is 0.243 e. The zero-order chi connectivity index (χ0) is 22.2. The van der Waals surface area contributed by atoms with Crippen LogP contribution in [-0.4, -0.2) is 79.5 Å². The molecule has 1 amide bonds. The molecule has 1 unspecified atom stereocenters. The number of para-hydroxylation sites is 1. The molecule has 2 aromatic rings. The molecule has 0 saturated carbocycles. The van der Waals surface area contributed by atoms with E-state index in [2.05, 4.69) is 63.8 Å². The van der Waals surface area contributed by atoms with Gasteiger partial charge in [0.1, 0.15) is 6.54 Å². The zero-order valence-electron chi connectivity index (χ0n) is 19.9. The zero-order valence-corrected chi connectivity index (χ0v) is 22.2. The molecule has 0 aliphatic carbocycles. The van der Waals surface area contributed by atoms with Gasteiger partial charge in [-0.05, 0) is 49.9 Å². The number of likely N-dealkylation sites (N-methyl/N-ethyl adjacent to an activating group) is 2. The first-order chi connectivity index (χ1) is 15.0. The largest absolute Gasteiger partial charge is 0.361 e. The van der Waals surface area contributed by atoms with Crippen LogP contribution in [0.3, 0.4) is 0 Å². The Kier molecular flexibility index (Phi) is 10.8. The number of aryl methyl sites for hydroxylation is 1. The Morgan fingerprint density at radius 3 is 2.78 bits per heavy atom. The van der Waals surface area contributed by atoms with Gasteiger partial charge >= 0.3 is 0 Å². The van der Waals surface area contributed by atoms with Gasteiger partial charge in [0.15, 0.2) is 5.96 Å². The van der Waals surface area contributed by atoms with Crippen molar-refractivity contribution in [3.63, 3.8) is 0 Å². The number of carbonyl (C=O) groups excluding carboxylic acids is 1. The van der Waals surface area contributed by atoms with E-state index < -0.39 is 0 Å². The fourth-order valence-electron chi connectivity index (χ4n) is 4.31. The number of carbonyl (C=O) groups is 1. The normalized spacial score (nSPS) is 16.8. The van der Waals surface area contributed by atoms with Crippen molar-refractivity contribution in [3.05, 3.63) is 35.5 Å². The Morgan fingerprint density at radius 1 is 1.25 bits per heavy atom. The Bertz CT molecular complexity index is 894. The van der Waals surface area contributed by atoms with Crippen LogP contribution in [0.15, 0.2) is 29.4 Å². The summed E-state index contributed by atoms with van der Waals surface area (Å²) < 4.78 is 0. The maximum absolute atomic E-state index is 12.0. The summed E-state index contributed by atoms with van der Waals surface area (Å²) in [5, 5.41) is 8.20. The lowest BCUT2D eigenvalue weighted by Gasteiger charge is -2.24. The molecule has 1 aromatic carbocycles. The Labute approximate surface area is 209 Å². The van der Waals surface area contributed by atoms with Gasteiger partial charge in [-0.15, -0.1) is 24.0 Å². The van der Waals surface area contributed by atoms with E-state index in [1.54, 1.807) is 19.0 Å². The van der Waals surface area contributed by atoms with Crippen molar-refractivity contribution >= 4 is 46.7 Å². The molecule has 0 spiro atoms. The number of amides is 1. The van der Waals surface area contributed by atoms with Gasteiger partial charge in [-0.1, -0.05) is 32.0 Å². The molecular formula is C24H39IN6O. The number of likely N-dealkylation sites (tertiary alicyclic amines) is 1. The minimum Gasteiger partial charge on any atom is -0.361 e. The molecule has 8 heteroatoms. The molecule has 3 rings (SSSR count). The Balaban J connectivity index is 0.00000363. The first-order valence-electron chi connectivity index (χ1n) is 11.6. The maximum atomic E-state index is 12.0. The Hall–Kier alpha value is -1.81. The minimum atomic E-state index is 0. The molecular weight excluding hydrogens is 515 g/mol. The predicted octanol–water partition coefficient (Wildman–Crippen LogP) is 3.00. The summed E-state index contributed by atoms with van der Waals surface area (Å²) in [4.78, 5) is 24.1. The topological polar surface area (TPSA) is 75.8 Å². The molecule has 0 bridgehead atoms. The third-order valence-electron chi connectivity index (χ3n) is 6.24. The highest BCUT2D eigenvalue weighted by atomic mass is 127. The average molecular weight is 555 g/mol. The number of halogens is 1. The van der Waals surface area contributed by atoms with Gasteiger partial charge in [-0.25, -0.2) is 4.99 Å². The number of aromatic amines is 1. The molecule has 1 aliphatic heterocycles. The van der Waals surface area contributed by atoms with Crippen molar-refractivity contribution in [1.29, 1.82) is 0 Å². The Morgan fingerprint density at radius 2 is 2.06 bits per heavy atom. The van der Waals surface area contributed by atoms with Crippen molar-refractivity contribution in [1.82, 2.24) is 25.4 Å². The van der Waals surface area contributed by atoms with E-state index in [1.165, 1.54) is 41.4 Å². The van der Waals surface area contributed by atoms with Crippen molar-refractivity contribution in [2.45, 2.75) is 45.6 Å². The summed E-state index contributed by atoms with van der Waals surface area (Å²) >= 11 is 0. The number of hydrogen-bond donors (Lipinski definition) is 3. The number of nitrogens with zero attached hydrogens (tertiary/aromatic N) is 3. The standard InChI is InChI=1S/C24H38N6O.HI/c1-5-18-9-7-11-21-19(15-26-23(18)21)12-13-25-24(28-17-22(31)29(3)4)27-16-20-10-8-14-30(20)6-2;/h7,9,11,15,20,26H,5-6,8,10,12-14,16-17H2,1-4H3,(H2,25,27,28);1H. The second-order valence-corrected chi connectivity index (χ2v) is 8.44. The van der Waals surface area contributed by atoms with Crippen molar-refractivity contribution in [2.75, 3.05) is 46.8 Å². The number of aromatic nitrogens is 1. The predicted molar refractivity (Wildman–Crippen MR) is 144 cm³/mol. The van der Waals surface area contributed by atoms with Gasteiger partial charge < -0.3 is 20.5 Å². The molecule has 1 fully saturated rings. The third-order valence-corrected chi connectivity index (χ3v) is 6.24. The number of guanidine groups is 1. The van der Waals surface area contributed by atoms with Crippen LogP contribution in [0.1, 0.15) is 37.8 Å². The van der Waals surface area contributed by atoms with E-state index >= 15 is 0 Å². The third kappa shape index (κ3) is 6.84. The van der Waals surface area contributed by atoms with Crippen LogP contribution in [0.4, 0.5) is 0 Å². The summed E-state index contributed by atoms with van der Waals surface area (Å²) in [5.41, 5.74) is 3.89. The highest BCUT2D eigenvalue weighted by molar-refractivity contribution is 14.0. The lowest BCUT2D eigenvalue weighted by Crippen LogP contribution is -2.45. The van der Waals surface area contributed by atoms with Crippen LogP contribution in [0.2, 0.25) is 0 Å². The van der Waals surface area contributed by atoms with Gasteiger partial charge in [0.25, 0.3) is 0 Å². The van der Waals surface area contributed by atoms with Crippen LogP contribution < -0.4 is 10.6 Å². The minimum absolute atomic E-state index is 0. The van der Waals surface area contributed by atoms with E-state index in [-0.39, 0.29) is 36.4 Å². The highest BCUT2D eigenvalue weighted by Crippen LogP contribution is 2.22. The van der Waals surface area contributed by atoms with Gasteiger partial charge in [0.05, 0.1) is 0 Å². The first kappa shape index (κ1) is 26.4. The van der Waals surface area contributed by atoms with Gasteiger partial charge in [-0.3, -0.25) is 9.69 Å².